The number of carbonyl (C=O) groups excluding carboxylic acids is 1. The van der Waals surface area contributed by atoms with Crippen molar-refractivity contribution in [2.45, 2.75) is 26.8 Å². The molecule has 0 radical (unpaired) electrons. The fraction of sp³-hybridized carbons (Fsp3) is 0.500. The maximum atomic E-state index is 11.9. The first-order chi connectivity index (χ1) is 8.54. The Hall–Kier alpha value is -1.06. The van der Waals surface area contributed by atoms with Crippen molar-refractivity contribution in [2.24, 2.45) is 5.92 Å². The summed E-state index contributed by atoms with van der Waals surface area (Å²) in [6.45, 7) is 7.13. The Bertz CT molecular complexity index is 376. The van der Waals surface area contributed by atoms with Gasteiger partial charge in [-0.25, -0.2) is 4.79 Å². The van der Waals surface area contributed by atoms with Crippen LogP contribution in [0.4, 0.5) is 0 Å². The topological polar surface area (TPSA) is 38.3 Å². The molecule has 100 valence electrons. The fourth-order valence-corrected chi connectivity index (χ4v) is 1.70. The smallest absolute Gasteiger partial charge is 0.327 e. The molecule has 18 heavy (non-hydrogen) atoms. The molecule has 0 saturated carbocycles. The minimum Gasteiger partial charge on any atom is -0.465 e. The van der Waals surface area contributed by atoms with E-state index in [4.69, 9.17) is 16.3 Å². The number of hydrogen-bond acceptors (Lipinski definition) is 3. The zero-order chi connectivity index (χ0) is 13.5. The molecule has 4 heteroatoms. The molecule has 0 spiro atoms. The van der Waals surface area contributed by atoms with Crippen LogP contribution in [0.5, 0.6) is 0 Å². The maximum absolute atomic E-state index is 11.9. The van der Waals surface area contributed by atoms with Crippen molar-refractivity contribution in [2.75, 3.05) is 13.2 Å². The Morgan fingerprint density at radius 3 is 2.44 bits per heavy atom. The van der Waals surface area contributed by atoms with Gasteiger partial charge >= 0.3 is 5.97 Å². The highest BCUT2D eigenvalue weighted by molar-refractivity contribution is 6.30. The van der Waals surface area contributed by atoms with E-state index in [0.29, 0.717) is 17.5 Å². The molecule has 0 bridgehead atoms. The molecular formula is C14H20ClNO2. The van der Waals surface area contributed by atoms with Gasteiger partial charge in [-0.2, -0.15) is 0 Å². The summed E-state index contributed by atoms with van der Waals surface area (Å²) in [5.41, 5.74) is 0.874. The van der Waals surface area contributed by atoms with E-state index < -0.39 is 6.04 Å². The lowest BCUT2D eigenvalue weighted by molar-refractivity contribution is -0.145. The van der Waals surface area contributed by atoms with Crippen LogP contribution in [-0.4, -0.2) is 19.1 Å². The highest BCUT2D eigenvalue weighted by Crippen LogP contribution is 2.18. The Labute approximate surface area is 113 Å². The van der Waals surface area contributed by atoms with Gasteiger partial charge in [0.05, 0.1) is 6.61 Å². The minimum absolute atomic E-state index is 0.250. The molecule has 1 N–H and O–H groups in total. The molecule has 1 atom stereocenters. The lowest BCUT2D eigenvalue weighted by Gasteiger charge is -2.19. The van der Waals surface area contributed by atoms with E-state index in [2.05, 4.69) is 19.2 Å². The predicted octanol–water partition coefficient (Wildman–Crippen LogP) is 3.19. The SMILES string of the molecule is CCOC(=O)C(NCC(C)C)c1ccc(Cl)cc1. The minimum atomic E-state index is -0.426. The number of carbonyl (C=O) groups is 1. The first kappa shape index (κ1) is 15.0. The Balaban J connectivity index is 2.82. The molecule has 3 nitrogen and oxygen atoms in total. The first-order valence-corrected chi connectivity index (χ1v) is 6.57. The van der Waals surface area contributed by atoms with Gasteiger partial charge in [-0.05, 0) is 37.1 Å². The molecule has 0 amide bonds. The van der Waals surface area contributed by atoms with Gasteiger partial charge in [0.15, 0.2) is 0 Å². The van der Waals surface area contributed by atoms with Crippen LogP contribution >= 0.6 is 11.6 Å². The molecule has 0 aliphatic carbocycles. The number of hydrogen-bond donors (Lipinski definition) is 1. The number of ether oxygens (including phenoxy) is 1. The zero-order valence-electron chi connectivity index (χ0n) is 11.1. The van der Waals surface area contributed by atoms with Gasteiger partial charge in [0.25, 0.3) is 0 Å². The molecule has 0 heterocycles. The van der Waals surface area contributed by atoms with Crippen molar-refractivity contribution in [1.29, 1.82) is 0 Å². The van der Waals surface area contributed by atoms with Crippen molar-refractivity contribution in [3.8, 4) is 0 Å². The molecular weight excluding hydrogens is 250 g/mol. The van der Waals surface area contributed by atoms with E-state index >= 15 is 0 Å². The quantitative estimate of drug-likeness (QED) is 0.806. The molecule has 0 fully saturated rings. The zero-order valence-corrected chi connectivity index (χ0v) is 11.8. The molecule has 0 aromatic heterocycles. The number of esters is 1. The highest BCUT2D eigenvalue weighted by atomic mass is 35.5. The second-order valence-electron chi connectivity index (χ2n) is 4.54. The van der Waals surface area contributed by atoms with Crippen LogP contribution in [0, 0.1) is 5.92 Å². The number of benzene rings is 1. The lowest BCUT2D eigenvalue weighted by atomic mass is 10.1. The number of nitrogens with one attached hydrogen (secondary N) is 1. The summed E-state index contributed by atoms with van der Waals surface area (Å²) in [5, 5.41) is 3.88. The van der Waals surface area contributed by atoms with Crippen molar-refractivity contribution in [1.82, 2.24) is 5.32 Å². The largest absolute Gasteiger partial charge is 0.465 e. The Kier molecular flexibility index (Phi) is 6.16. The molecule has 1 aromatic carbocycles. The van der Waals surface area contributed by atoms with Gasteiger partial charge in [-0.15, -0.1) is 0 Å². The van der Waals surface area contributed by atoms with Gasteiger partial charge in [-0.1, -0.05) is 37.6 Å². The third-order valence-electron chi connectivity index (χ3n) is 2.46. The summed E-state index contributed by atoms with van der Waals surface area (Å²) in [6.07, 6.45) is 0. The van der Waals surface area contributed by atoms with Crippen LogP contribution in [-0.2, 0) is 9.53 Å². The fourth-order valence-electron chi connectivity index (χ4n) is 1.57. The summed E-state index contributed by atoms with van der Waals surface area (Å²) in [6, 6.07) is 6.82. The van der Waals surface area contributed by atoms with E-state index in [1.807, 2.05) is 12.1 Å². The Morgan fingerprint density at radius 1 is 1.33 bits per heavy atom. The van der Waals surface area contributed by atoms with Crippen LogP contribution in [0.25, 0.3) is 0 Å². The number of rotatable bonds is 6. The summed E-state index contributed by atoms with van der Waals surface area (Å²) >= 11 is 5.85. The normalized spacial score (nSPS) is 12.5. The summed E-state index contributed by atoms with van der Waals surface area (Å²) in [4.78, 5) is 11.9. The first-order valence-electron chi connectivity index (χ1n) is 6.20. The molecule has 0 aliphatic rings. The second-order valence-corrected chi connectivity index (χ2v) is 4.98. The van der Waals surface area contributed by atoms with Crippen LogP contribution in [0.3, 0.4) is 0 Å². The molecule has 1 unspecified atom stereocenters. The third kappa shape index (κ3) is 4.67. The maximum Gasteiger partial charge on any atom is 0.327 e. The Morgan fingerprint density at radius 2 is 1.94 bits per heavy atom. The van der Waals surface area contributed by atoms with Crippen molar-refractivity contribution < 1.29 is 9.53 Å². The second kappa shape index (κ2) is 7.39. The monoisotopic (exact) mass is 269 g/mol. The van der Waals surface area contributed by atoms with E-state index in [1.54, 1.807) is 19.1 Å². The van der Waals surface area contributed by atoms with Crippen molar-refractivity contribution in [3.05, 3.63) is 34.9 Å². The summed E-state index contributed by atoms with van der Waals surface area (Å²) in [7, 11) is 0. The van der Waals surface area contributed by atoms with Gasteiger partial charge in [0, 0.05) is 5.02 Å². The molecule has 1 aromatic rings. The average Bonchev–Trinajstić information content (AvgIpc) is 2.31. The molecule has 0 aliphatic heterocycles. The molecule has 1 rings (SSSR count). The summed E-state index contributed by atoms with van der Waals surface area (Å²) in [5.74, 6) is 0.217. The van der Waals surface area contributed by atoms with Crippen LogP contribution in [0.1, 0.15) is 32.4 Å². The summed E-state index contributed by atoms with van der Waals surface area (Å²) < 4.78 is 5.09. The van der Waals surface area contributed by atoms with E-state index in [0.717, 1.165) is 12.1 Å². The molecule has 0 saturated heterocycles. The standard InChI is InChI=1S/C14H20ClNO2/c1-4-18-14(17)13(16-9-10(2)3)11-5-7-12(15)8-6-11/h5-8,10,13,16H,4,9H2,1-3H3. The predicted molar refractivity (Wildman–Crippen MR) is 73.7 cm³/mol. The number of halogens is 1. The van der Waals surface area contributed by atoms with Gasteiger partial charge in [-0.3, -0.25) is 0 Å². The van der Waals surface area contributed by atoms with Crippen molar-refractivity contribution in [3.63, 3.8) is 0 Å². The van der Waals surface area contributed by atoms with Crippen LogP contribution in [0.2, 0.25) is 5.02 Å². The van der Waals surface area contributed by atoms with Crippen LogP contribution < -0.4 is 5.32 Å². The highest BCUT2D eigenvalue weighted by Gasteiger charge is 2.21. The van der Waals surface area contributed by atoms with Crippen molar-refractivity contribution >= 4 is 17.6 Å². The van der Waals surface area contributed by atoms with Crippen LogP contribution in [0.15, 0.2) is 24.3 Å². The van der Waals surface area contributed by atoms with Gasteiger partial charge in [0.2, 0.25) is 0 Å². The van der Waals surface area contributed by atoms with Gasteiger partial charge < -0.3 is 10.1 Å². The lowest BCUT2D eigenvalue weighted by Crippen LogP contribution is -2.32. The average molecular weight is 270 g/mol. The van der Waals surface area contributed by atoms with E-state index in [1.165, 1.54) is 0 Å². The van der Waals surface area contributed by atoms with E-state index in [9.17, 15) is 4.79 Å². The third-order valence-corrected chi connectivity index (χ3v) is 2.71. The van der Waals surface area contributed by atoms with E-state index in [-0.39, 0.29) is 5.97 Å². The van der Waals surface area contributed by atoms with Gasteiger partial charge in [0.1, 0.15) is 6.04 Å².